The molecular formula is C16H26ClN3O3S. The van der Waals surface area contributed by atoms with Crippen molar-refractivity contribution in [2.24, 2.45) is 0 Å². The van der Waals surface area contributed by atoms with E-state index in [2.05, 4.69) is 22.3 Å². The minimum Gasteiger partial charge on any atom is -0.348 e. The van der Waals surface area contributed by atoms with E-state index in [4.69, 9.17) is 0 Å². The second-order valence-corrected chi connectivity index (χ2v) is 7.98. The van der Waals surface area contributed by atoms with Gasteiger partial charge in [-0.1, -0.05) is 12.1 Å². The number of rotatable bonds is 6. The van der Waals surface area contributed by atoms with Gasteiger partial charge in [0.2, 0.25) is 10.0 Å². The number of amides is 1. The molecule has 8 heteroatoms. The first-order valence-electron chi connectivity index (χ1n) is 8.02. The molecule has 1 aliphatic rings. The maximum Gasteiger partial charge on any atom is 0.251 e. The van der Waals surface area contributed by atoms with Gasteiger partial charge in [-0.25, -0.2) is 13.1 Å². The quantitative estimate of drug-likeness (QED) is 0.701. The molecule has 1 aliphatic heterocycles. The summed E-state index contributed by atoms with van der Waals surface area (Å²) in [6, 6.07) is 7.42. The van der Waals surface area contributed by atoms with E-state index in [-0.39, 0.29) is 42.7 Å². The van der Waals surface area contributed by atoms with E-state index in [0.717, 1.165) is 24.9 Å². The molecule has 1 fully saturated rings. The Kier molecular flexibility index (Phi) is 8.15. The van der Waals surface area contributed by atoms with Gasteiger partial charge < -0.3 is 10.6 Å². The summed E-state index contributed by atoms with van der Waals surface area (Å²) in [4.78, 5) is 12.3. The molecular weight excluding hydrogens is 350 g/mol. The fraction of sp³-hybridized carbons (Fsp3) is 0.562. The van der Waals surface area contributed by atoms with Crippen molar-refractivity contribution in [1.29, 1.82) is 0 Å². The monoisotopic (exact) mass is 375 g/mol. The Morgan fingerprint density at radius 3 is 2.54 bits per heavy atom. The Hall–Kier alpha value is -1.15. The Morgan fingerprint density at radius 1 is 1.29 bits per heavy atom. The first kappa shape index (κ1) is 20.9. The standard InChI is InChI=1S/C16H25N3O3S.ClH/c1-3-23(21,22)18-11-13-6-8-14(9-7-13)16(20)19-15-5-4-10-17-12(15)2;/h6-9,12,15,17-18H,3-5,10-11H2,1-2H3,(H,19,20);1H. The molecule has 0 bridgehead atoms. The summed E-state index contributed by atoms with van der Waals surface area (Å²) >= 11 is 0. The van der Waals surface area contributed by atoms with Crippen molar-refractivity contribution in [3.05, 3.63) is 35.4 Å². The Morgan fingerprint density at radius 2 is 1.96 bits per heavy atom. The predicted molar refractivity (Wildman–Crippen MR) is 97.9 cm³/mol. The Labute approximate surface area is 150 Å². The number of sulfonamides is 1. The van der Waals surface area contributed by atoms with Crippen LogP contribution in [0.5, 0.6) is 0 Å². The number of carbonyl (C=O) groups excluding carboxylic acids is 1. The summed E-state index contributed by atoms with van der Waals surface area (Å²) in [5, 5.41) is 6.41. The SMILES string of the molecule is CCS(=O)(=O)NCc1ccc(C(=O)NC2CCCNC2C)cc1.Cl. The van der Waals surface area contributed by atoms with Crippen LogP contribution in [0.1, 0.15) is 42.6 Å². The van der Waals surface area contributed by atoms with Crippen molar-refractivity contribution in [2.75, 3.05) is 12.3 Å². The van der Waals surface area contributed by atoms with Gasteiger partial charge in [-0.15, -0.1) is 12.4 Å². The van der Waals surface area contributed by atoms with Gasteiger partial charge >= 0.3 is 0 Å². The maximum atomic E-state index is 12.3. The van der Waals surface area contributed by atoms with E-state index >= 15 is 0 Å². The van der Waals surface area contributed by atoms with Crippen LogP contribution >= 0.6 is 12.4 Å². The van der Waals surface area contributed by atoms with Crippen LogP contribution in [0.2, 0.25) is 0 Å². The summed E-state index contributed by atoms with van der Waals surface area (Å²) in [6.07, 6.45) is 2.04. The molecule has 24 heavy (non-hydrogen) atoms. The molecule has 3 N–H and O–H groups in total. The fourth-order valence-electron chi connectivity index (χ4n) is 2.56. The lowest BCUT2D eigenvalue weighted by Gasteiger charge is -2.30. The third kappa shape index (κ3) is 6.05. The number of hydrogen-bond donors (Lipinski definition) is 3. The minimum atomic E-state index is -3.21. The van der Waals surface area contributed by atoms with Crippen molar-refractivity contribution in [3.8, 4) is 0 Å². The second kappa shape index (κ2) is 9.36. The fourth-order valence-corrected chi connectivity index (χ4v) is 3.15. The van der Waals surface area contributed by atoms with Gasteiger partial charge in [0.15, 0.2) is 0 Å². The van der Waals surface area contributed by atoms with Gasteiger partial charge in [0.05, 0.1) is 5.75 Å². The molecule has 1 amide bonds. The van der Waals surface area contributed by atoms with Gasteiger partial charge in [0.25, 0.3) is 5.91 Å². The van der Waals surface area contributed by atoms with Crippen LogP contribution in [0.3, 0.4) is 0 Å². The lowest BCUT2D eigenvalue weighted by atomic mass is 9.99. The van der Waals surface area contributed by atoms with Crippen LogP contribution in [0.25, 0.3) is 0 Å². The van der Waals surface area contributed by atoms with Crippen LogP contribution in [-0.2, 0) is 16.6 Å². The molecule has 0 saturated carbocycles. The molecule has 1 saturated heterocycles. The van der Waals surface area contributed by atoms with E-state index in [1.165, 1.54) is 0 Å². The zero-order chi connectivity index (χ0) is 16.9. The maximum absolute atomic E-state index is 12.3. The van der Waals surface area contributed by atoms with Crippen molar-refractivity contribution < 1.29 is 13.2 Å². The average Bonchev–Trinajstić information content (AvgIpc) is 2.55. The van der Waals surface area contributed by atoms with E-state index in [9.17, 15) is 13.2 Å². The number of carbonyl (C=O) groups is 1. The normalized spacial score (nSPS) is 20.9. The molecule has 0 aliphatic carbocycles. The molecule has 0 spiro atoms. The third-order valence-electron chi connectivity index (χ3n) is 4.17. The number of nitrogens with one attached hydrogen (secondary N) is 3. The number of piperidine rings is 1. The van der Waals surface area contributed by atoms with Gasteiger partial charge in [0.1, 0.15) is 0 Å². The summed E-state index contributed by atoms with van der Waals surface area (Å²) in [5.74, 6) is -0.0348. The zero-order valence-electron chi connectivity index (χ0n) is 14.0. The highest BCUT2D eigenvalue weighted by molar-refractivity contribution is 7.89. The van der Waals surface area contributed by atoms with Crippen LogP contribution in [-0.4, -0.2) is 38.7 Å². The topological polar surface area (TPSA) is 87.3 Å². The van der Waals surface area contributed by atoms with E-state index in [0.29, 0.717) is 5.56 Å². The van der Waals surface area contributed by atoms with Gasteiger partial charge in [0, 0.05) is 24.2 Å². The average molecular weight is 376 g/mol. The first-order valence-corrected chi connectivity index (χ1v) is 9.67. The smallest absolute Gasteiger partial charge is 0.251 e. The number of halogens is 1. The third-order valence-corrected chi connectivity index (χ3v) is 5.51. The highest BCUT2D eigenvalue weighted by atomic mass is 35.5. The molecule has 2 atom stereocenters. The first-order chi connectivity index (χ1) is 10.9. The summed E-state index contributed by atoms with van der Waals surface area (Å²) in [5.41, 5.74) is 1.41. The van der Waals surface area contributed by atoms with E-state index in [1.807, 2.05) is 0 Å². The Balaban J connectivity index is 0.00000288. The van der Waals surface area contributed by atoms with Crippen LogP contribution < -0.4 is 15.4 Å². The van der Waals surface area contributed by atoms with Gasteiger partial charge in [-0.05, 0) is 50.9 Å². The molecule has 136 valence electrons. The summed E-state index contributed by atoms with van der Waals surface area (Å²) < 4.78 is 25.3. The highest BCUT2D eigenvalue weighted by Crippen LogP contribution is 2.10. The largest absolute Gasteiger partial charge is 0.348 e. The summed E-state index contributed by atoms with van der Waals surface area (Å²) in [6.45, 7) is 4.90. The molecule has 2 unspecified atom stereocenters. The lowest BCUT2D eigenvalue weighted by Crippen LogP contribution is -2.51. The number of hydrogen-bond acceptors (Lipinski definition) is 4. The van der Waals surface area contributed by atoms with Crippen molar-refractivity contribution >= 4 is 28.3 Å². The van der Waals surface area contributed by atoms with E-state index < -0.39 is 10.0 Å². The predicted octanol–water partition coefficient (Wildman–Crippen LogP) is 1.42. The van der Waals surface area contributed by atoms with Crippen molar-refractivity contribution in [1.82, 2.24) is 15.4 Å². The zero-order valence-corrected chi connectivity index (χ0v) is 15.7. The van der Waals surface area contributed by atoms with Crippen LogP contribution in [0, 0.1) is 0 Å². The molecule has 0 radical (unpaired) electrons. The molecule has 1 aromatic carbocycles. The van der Waals surface area contributed by atoms with E-state index in [1.54, 1.807) is 31.2 Å². The second-order valence-electron chi connectivity index (χ2n) is 5.89. The van der Waals surface area contributed by atoms with Gasteiger partial charge in [-0.2, -0.15) is 0 Å². The van der Waals surface area contributed by atoms with Crippen LogP contribution in [0.4, 0.5) is 0 Å². The molecule has 6 nitrogen and oxygen atoms in total. The molecule has 1 heterocycles. The number of benzene rings is 1. The highest BCUT2D eigenvalue weighted by Gasteiger charge is 2.22. The van der Waals surface area contributed by atoms with Crippen LogP contribution in [0.15, 0.2) is 24.3 Å². The molecule has 0 aromatic heterocycles. The Bertz CT molecular complexity index is 634. The van der Waals surface area contributed by atoms with Crippen molar-refractivity contribution in [2.45, 2.75) is 45.3 Å². The minimum absolute atomic E-state index is 0. The molecule has 1 aromatic rings. The molecule has 2 rings (SSSR count). The summed E-state index contributed by atoms with van der Waals surface area (Å²) in [7, 11) is -3.21. The van der Waals surface area contributed by atoms with Crippen molar-refractivity contribution in [3.63, 3.8) is 0 Å². The van der Waals surface area contributed by atoms with Gasteiger partial charge in [-0.3, -0.25) is 4.79 Å². The lowest BCUT2D eigenvalue weighted by molar-refractivity contribution is 0.0920.